The van der Waals surface area contributed by atoms with Crippen molar-refractivity contribution in [2.75, 3.05) is 0 Å². The molecule has 0 heterocycles. The van der Waals surface area contributed by atoms with Gasteiger partial charge in [-0.2, -0.15) is 0 Å². The number of hydrogen-bond acceptors (Lipinski definition) is 5. The van der Waals surface area contributed by atoms with E-state index in [9.17, 15) is 20.1 Å². The van der Waals surface area contributed by atoms with Gasteiger partial charge < -0.3 is 20.1 Å². The fourth-order valence-electron chi connectivity index (χ4n) is 1.91. The minimum absolute atomic E-state index is 0.000581. The molecule has 0 unspecified atom stereocenters. The van der Waals surface area contributed by atoms with E-state index in [1.165, 1.54) is 24.3 Å². The molecule has 5 heteroatoms. The Labute approximate surface area is 122 Å². The molecule has 0 aromatic heterocycles. The summed E-state index contributed by atoms with van der Waals surface area (Å²) in [6, 6.07) is 8.02. The number of phenols is 3. The summed E-state index contributed by atoms with van der Waals surface area (Å²) in [7, 11) is 0. The molecule has 0 saturated heterocycles. The van der Waals surface area contributed by atoms with Crippen molar-refractivity contribution in [3.05, 3.63) is 47.5 Å². The van der Waals surface area contributed by atoms with Gasteiger partial charge in [0.25, 0.3) is 0 Å². The molecule has 2 aromatic carbocycles. The average molecular weight is 288 g/mol. The molecule has 0 spiro atoms. The van der Waals surface area contributed by atoms with Crippen LogP contribution in [-0.2, 0) is 0 Å². The summed E-state index contributed by atoms with van der Waals surface area (Å²) < 4.78 is 5.42. The molecule has 0 saturated carbocycles. The monoisotopic (exact) mass is 288 g/mol. The smallest absolute Gasteiger partial charge is 0.200 e. The Bertz CT molecular complexity index is 676. The molecular formula is C16H16O5. The van der Waals surface area contributed by atoms with Crippen LogP contribution in [0.15, 0.2) is 36.4 Å². The van der Waals surface area contributed by atoms with Crippen molar-refractivity contribution < 1.29 is 24.9 Å². The van der Waals surface area contributed by atoms with E-state index >= 15 is 0 Å². The van der Waals surface area contributed by atoms with Gasteiger partial charge in [-0.3, -0.25) is 4.79 Å². The van der Waals surface area contributed by atoms with Gasteiger partial charge in [-0.15, -0.1) is 0 Å². The summed E-state index contributed by atoms with van der Waals surface area (Å²) in [4.78, 5) is 12.3. The van der Waals surface area contributed by atoms with Crippen LogP contribution in [0.3, 0.4) is 0 Å². The number of hydrogen-bond donors (Lipinski definition) is 3. The topological polar surface area (TPSA) is 87.0 Å². The molecule has 0 aliphatic carbocycles. The van der Waals surface area contributed by atoms with Gasteiger partial charge in [0.05, 0.1) is 17.2 Å². The fraction of sp³-hybridized carbons (Fsp3) is 0.188. The zero-order chi connectivity index (χ0) is 15.6. The molecule has 0 aliphatic heterocycles. The molecule has 0 atom stereocenters. The SMILES string of the molecule is CC(C)Oc1ccc(C(=O)c2ccc(O)cc2O)c(O)c1. The van der Waals surface area contributed by atoms with E-state index in [2.05, 4.69) is 0 Å². The Balaban J connectivity index is 2.35. The first-order chi connectivity index (χ1) is 9.88. The Morgan fingerprint density at radius 3 is 2.05 bits per heavy atom. The first-order valence-electron chi connectivity index (χ1n) is 6.45. The second kappa shape index (κ2) is 5.75. The van der Waals surface area contributed by atoms with Crippen molar-refractivity contribution in [2.45, 2.75) is 20.0 Å². The van der Waals surface area contributed by atoms with E-state index in [1.807, 2.05) is 13.8 Å². The number of rotatable bonds is 4. The van der Waals surface area contributed by atoms with Crippen LogP contribution < -0.4 is 4.74 Å². The van der Waals surface area contributed by atoms with Gasteiger partial charge >= 0.3 is 0 Å². The minimum atomic E-state index is -0.541. The maximum absolute atomic E-state index is 12.3. The van der Waals surface area contributed by atoms with Gasteiger partial charge in [-0.1, -0.05) is 0 Å². The third kappa shape index (κ3) is 3.25. The molecule has 21 heavy (non-hydrogen) atoms. The Hall–Kier alpha value is -2.69. The summed E-state index contributed by atoms with van der Waals surface area (Å²) in [5, 5.41) is 28.9. The molecule has 110 valence electrons. The van der Waals surface area contributed by atoms with Gasteiger partial charge in [-0.05, 0) is 38.1 Å². The standard InChI is InChI=1S/C16H16O5/c1-9(2)21-11-4-6-13(15(19)8-11)16(20)12-5-3-10(17)7-14(12)18/h3-9,17-19H,1-2H3. The van der Waals surface area contributed by atoms with Gasteiger partial charge in [0, 0.05) is 12.1 Å². The fourth-order valence-corrected chi connectivity index (χ4v) is 1.91. The molecule has 0 aliphatic rings. The molecule has 5 nitrogen and oxygen atoms in total. The maximum Gasteiger partial charge on any atom is 0.200 e. The highest BCUT2D eigenvalue weighted by atomic mass is 16.5. The van der Waals surface area contributed by atoms with Crippen LogP contribution in [0.25, 0.3) is 0 Å². The van der Waals surface area contributed by atoms with Gasteiger partial charge in [0.1, 0.15) is 23.0 Å². The van der Waals surface area contributed by atoms with Crippen molar-refractivity contribution in [1.29, 1.82) is 0 Å². The van der Waals surface area contributed by atoms with Crippen molar-refractivity contribution in [3.8, 4) is 23.0 Å². The molecule has 3 N–H and O–H groups in total. The second-order valence-corrected chi connectivity index (χ2v) is 4.88. The van der Waals surface area contributed by atoms with Crippen molar-refractivity contribution in [3.63, 3.8) is 0 Å². The summed E-state index contributed by atoms with van der Waals surface area (Å²) in [5.74, 6) is -0.809. The van der Waals surface area contributed by atoms with Crippen LogP contribution in [0, 0.1) is 0 Å². The van der Waals surface area contributed by atoms with Crippen molar-refractivity contribution in [2.24, 2.45) is 0 Å². The van der Waals surface area contributed by atoms with E-state index in [0.717, 1.165) is 6.07 Å². The third-order valence-electron chi connectivity index (χ3n) is 2.81. The molecule has 2 aromatic rings. The summed E-state index contributed by atoms with van der Waals surface area (Å²) in [6.07, 6.45) is -0.0490. The van der Waals surface area contributed by atoms with Gasteiger partial charge in [0.15, 0.2) is 5.78 Å². The van der Waals surface area contributed by atoms with E-state index < -0.39 is 5.78 Å². The van der Waals surface area contributed by atoms with Crippen molar-refractivity contribution >= 4 is 5.78 Å². The minimum Gasteiger partial charge on any atom is -0.508 e. The van der Waals surface area contributed by atoms with Crippen LogP contribution in [0.5, 0.6) is 23.0 Å². The number of carbonyl (C=O) groups is 1. The predicted molar refractivity (Wildman–Crippen MR) is 77.1 cm³/mol. The first kappa shape index (κ1) is 14.7. The molecule has 0 amide bonds. The molecule has 0 bridgehead atoms. The van der Waals surface area contributed by atoms with Crippen LogP contribution in [0.4, 0.5) is 0 Å². The normalized spacial score (nSPS) is 10.6. The summed E-state index contributed by atoms with van der Waals surface area (Å²) >= 11 is 0. The van der Waals surface area contributed by atoms with Crippen LogP contribution in [0.2, 0.25) is 0 Å². The van der Waals surface area contributed by atoms with Gasteiger partial charge in [0.2, 0.25) is 0 Å². The molecule has 0 fully saturated rings. The lowest BCUT2D eigenvalue weighted by Crippen LogP contribution is -2.06. The Kier molecular flexibility index (Phi) is 4.03. The zero-order valence-corrected chi connectivity index (χ0v) is 11.7. The quantitative estimate of drug-likeness (QED) is 0.753. The molecule has 2 rings (SSSR count). The highest BCUT2D eigenvalue weighted by Gasteiger charge is 2.18. The third-order valence-corrected chi connectivity index (χ3v) is 2.81. The number of carbonyl (C=O) groups excluding carboxylic acids is 1. The summed E-state index contributed by atoms with van der Waals surface area (Å²) in [5.41, 5.74) is 0.0488. The number of ether oxygens (including phenoxy) is 1. The van der Waals surface area contributed by atoms with E-state index in [0.29, 0.717) is 5.75 Å². The van der Waals surface area contributed by atoms with E-state index in [1.54, 1.807) is 6.07 Å². The lowest BCUT2D eigenvalue weighted by molar-refractivity contribution is 0.103. The predicted octanol–water partition coefficient (Wildman–Crippen LogP) is 2.82. The average Bonchev–Trinajstić information content (AvgIpc) is 2.37. The number of ketones is 1. The Morgan fingerprint density at radius 1 is 0.952 bits per heavy atom. The largest absolute Gasteiger partial charge is 0.508 e. The van der Waals surface area contributed by atoms with Crippen LogP contribution in [0.1, 0.15) is 29.8 Å². The number of aromatic hydroxyl groups is 3. The summed E-state index contributed by atoms with van der Waals surface area (Å²) in [6.45, 7) is 3.70. The molecule has 0 radical (unpaired) electrons. The van der Waals surface area contributed by atoms with Crippen LogP contribution in [-0.4, -0.2) is 27.2 Å². The first-order valence-corrected chi connectivity index (χ1v) is 6.45. The van der Waals surface area contributed by atoms with Crippen molar-refractivity contribution in [1.82, 2.24) is 0 Å². The molecular weight excluding hydrogens is 272 g/mol. The Morgan fingerprint density at radius 2 is 1.52 bits per heavy atom. The number of benzene rings is 2. The van der Waals surface area contributed by atoms with Crippen LogP contribution >= 0.6 is 0 Å². The van der Waals surface area contributed by atoms with E-state index in [4.69, 9.17) is 4.74 Å². The lowest BCUT2D eigenvalue weighted by atomic mass is 10.0. The van der Waals surface area contributed by atoms with Gasteiger partial charge in [-0.25, -0.2) is 0 Å². The van der Waals surface area contributed by atoms with E-state index in [-0.39, 0.29) is 34.5 Å². The zero-order valence-electron chi connectivity index (χ0n) is 11.7. The lowest BCUT2D eigenvalue weighted by Gasteiger charge is -2.11. The highest BCUT2D eigenvalue weighted by molar-refractivity contribution is 6.12. The second-order valence-electron chi connectivity index (χ2n) is 4.88. The maximum atomic E-state index is 12.3. The highest BCUT2D eigenvalue weighted by Crippen LogP contribution is 2.30. The number of phenolic OH excluding ortho intramolecular Hbond substituents is 3.